The van der Waals surface area contributed by atoms with Gasteiger partial charge in [0.2, 0.25) is 0 Å². The van der Waals surface area contributed by atoms with Crippen LogP contribution in [-0.4, -0.2) is 43.7 Å². The van der Waals surface area contributed by atoms with Crippen molar-refractivity contribution < 1.29 is 23.8 Å². The van der Waals surface area contributed by atoms with Crippen molar-refractivity contribution in [2.75, 3.05) is 31.8 Å². The summed E-state index contributed by atoms with van der Waals surface area (Å²) in [4.78, 5) is 31.3. The molecule has 0 saturated heterocycles. The van der Waals surface area contributed by atoms with Crippen LogP contribution in [0, 0.1) is 0 Å². The van der Waals surface area contributed by atoms with Gasteiger partial charge in [-0.2, -0.15) is 0 Å². The lowest BCUT2D eigenvalue weighted by Crippen LogP contribution is -2.42. The van der Waals surface area contributed by atoms with Gasteiger partial charge in [0.05, 0.1) is 30.8 Å². The van der Waals surface area contributed by atoms with Crippen LogP contribution in [0.15, 0.2) is 83.3 Å². The van der Waals surface area contributed by atoms with Gasteiger partial charge in [-0.25, -0.2) is 4.98 Å². The summed E-state index contributed by atoms with van der Waals surface area (Å²) in [5.74, 6) is 0.517. The molecule has 0 fully saturated rings. The number of carbonyl (C=O) groups is 2. The van der Waals surface area contributed by atoms with Crippen molar-refractivity contribution >= 4 is 33.5 Å². The molecule has 0 spiro atoms. The topological polar surface area (TPSA) is 78.0 Å². The average molecular weight is 573 g/mol. The molecule has 1 aliphatic heterocycles. The maximum absolute atomic E-state index is 12.7. The van der Waals surface area contributed by atoms with Crippen LogP contribution in [0.2, 0.25) is 0 Å². The fourth-order valence-corrected chi connectivity index (χ4v) is 4.53. The SMILES string of the molecule is CCOC(=O)CN1C(=O)COc2ccc(-c3cc(-c4ccc(OC)cc4)cc(-c4ccc(Br)cc4)n3)cc21. The van der Waals surface area contributed by atoms with Crippen LogP contribution in [0.3, 0.4) is 0 Å². The van der Waals surface area contributed by atoms with E-state index < -0.39 is 5.97 Å². The number of rotatable bonds is 7. The van der Waals surface area contributed by atoms with Gasteiger partial charge in [-0.1, -0.05) is 40.2 Å². The maximum Gasteiger partial charge on any atom is 0.326 e. The molecule has 0 unspecified atom stereocenters. The summed E-state index contributed by atoms with van der Waals surface area (Å²) in [6.07, 6.45) is 0. The zero-order chi connectivity index (χ0) is 26.6. The molecule has 1 amide bonds. The molecule has 1 aliphatic rings. The Morgan fingerprint density at radius 1 is 0.921 bits per heavy atom. The molecule has 1 aromatic heterocycles. The number of pyridine rings is 1. The van der Waals surface area contributed by atoms with Gasteiger partial charge in [0, 0.05) is 15.6 Å². The molecule has 0 atom stereocenters. The predicted molar refractivity (Wildman–Crippen MR) is 149 cm³/mol. The van der Waals surface area contributed by atoms with E-state index in [4.69, 9.17) is 19.2 Å². The lowest BCUT2D eigenvalue weighted by molar-refractivity contribution is -0.142. The molecule has 7 nitrogen and oxygen atoms in total. The second kappa shape index (κ2) is 11.1. The van der Waals surface area contributed by atoms with E-state index in [9.17, 15) is 9.59 Å². The lowest BCUT2D eigenvalue weighted by Gasteiger charge is -2.29. The van der Waals surface area contributed by atoms with E-state index in [-0.39, 0.29) is 25.7 Å². The second-order valence-electron chi connectivity index (χ2n) is 8.62. The van der Waals surface area contributed by atoms with Crippen LogP contribution in [-0.2, 0) is 14.3 Å². The Bertz CT molecular complexity index is 1490. The molecule has 0 aliphatic carbocycles. The number of carbonyl (C=O) groups excluding carboxylic acids is 2. The Kier molecular flexibility index (Phi) is 7.42. The fraction of sp³-hybridized carbons (Fsp3) is 0.167. The standard InChI is InChI=1S/C30H25BrN2O5/c1-3-37-30(35)17-33-27-16-21(8-13-28(27)38-18-29(33)34)26-15-22(19-6-11-24(36-2)12-7-19)14-25(32-26)20-4-9-23(31)10-5-20/h4-16H,3,17-18H2,1-2H3. The number of benzene rings is 3. The third-order valence-corrected chi connectivity index (χ3v) is 6.71. The van der Waals surface area contributed by atoms with E-state index in [0.29, 0.717) is 17.1 Å². The Morgan fingerprint density at radius 2 is 1.58 bits per heavy atom. The molecule has 38 heavy (non-hydrogen) atoms. The minimum absolute atomic E-state index is 0.134. The number of nitrogens with zero attached hydrogens (tertiary/aromatic N) is 2. The van der Waals surface area contributed by atoms with E-state index in [1.54, 1.807) is 20.1 Å². The smallest absolute Gasteiger partial charge is 0.326 e. The summed E-state index contributed by atoms with van der Waals surface area (Å²) in [7, 11) is 1.64. The molecule has 0 radical (unpaired) electrons. The van der Waals surface area contributed by atoms with Gasteiger partial charge in [0.25, 0.3) is 5.91 Å². The van der Waals surface area contributed by atoms with Crippen LogP contribution in [0.1, 0.15) is 6.92 Å². The Morgan fingerprint density at radius 3 is 2.26 bits per heavy atom. The number of amides is 1. The molecule has 3 aromatic carbocycles. The number of anilines is 1. The van der Waals surface area contributed by atoms with Crippen LogP contribution in [0.5, 0.6) is 11.5 Å². The van der Waals surface area contributed by atoms with Crippen LogP contribution >= 0.6 is 15.9 Å². The molecule has 4 aromatic rings. The predicted octanol–water partition coefficient (Wildman–Crippen LogP) is 6.14. The van der Waals surface area contributed by atoms with Gasteiger partial charge in [-0.05, 0) is 72.6 Å². The van der Waals surface area contributed by atoms with Gasteiger partial charge in [-0.15, -0.1) is 0 Å². The minimum Gasteiger partial charge on any atom is -0.497 e. The van der Waals surface area contributed by atoms with Crippen molar-refractivity contribution in [2.24, 2.45) is 0 Å². The van der Waals surface area contributed by atoms with Crippen LogP contribution < -0.4 is 14.4 Å². The Hall–Kier alpha value is -4.17. The highest BCUT2D eigenvalue weighted by Gasteiger charge is 2.28. The lowest BCUT2D eigenvalue weighted by atomic mass is 9.99. The van der Waals surface area contributed by atoms with Crippen molar-refractivity contribution in [3.8, 4) is 45.1 Å². The highest BCUT2D eigenvalue weighted by atomic mass is 79.9. The first kappa shape index (κ1) is 25.5. The molecular formula is C30H25BrN2O5. The summed E-state index contributed by atoms with van der Waals surface area (Å²) in [5, 5.41) is 0. The molecular weight excluding hydrogens is 548 g/mol. The van der Waals surface area contributed by atoms with E-state index in [1.807, 2.05) is 72.8 Å². The van der Waals surface area contributed by atoms with Crippen molar-refractivity contribution in [1.82, 2.24) is 4.98 Å². The maximum atomic E-state index is 12.7. The summed E-state index contributed by atoms with van der Waals surface area (Å²) < 4.78 is 17.0. The first-order valence-corrected chi connectivity index (χ1v) is 12.9. The van der Waals surface area contributed by atoms with Crippen molar-refractivity contribution in [3.63, 3.8) is 0 Å². The number of fused-ring (bicyclic) bond motifs is 1. The monoisotopic (exact) mass is 572 g/mol. The highest BCUT2D eigenvalue weighted by molar-refractivity contribution is 9.10. The third kappa shape index (κ3) is 5.40. The average Bonchev–Trinajstić information content (AvgIpc) is 2.94. The number of esters is 1. The highest BCUT2D eigenvalue weighted by Crippen LogP contribution is 2.38. The first-order valence-electron chi connectivity index (χ1n) is 12.1. The molecule has 5 rings (SSSR count). The minimum atomic E-state index is -0.476. The zero-order valence-electron chi connectivity index (χ0n) is 20.9. The van der Waals surface area contributed by atoms with Crippen molar-refractivity contribution in [3.05, 3.63) is 83.3 Å². The summed E-state index contributed by atoms with van der Waals surface area (Å²) in [5.41, 5.74) is 5.75. The second-order valence-corrected chi connectivity index (χ2v) is 9.53. The number of hydrogen-bond acceptors (Lipinski definition) is 6. The number of ether oxygens (including phenoxy) is 3. The largest absolute Gasteiger partial charge is 0.497 e. The summed E-state index contributed by atoms with van der Waals surface area (Å²) in [6.45, 7) is 1.65. The van der Waals surface area contributed by atoms with Crippen LogP contribution in [0.25, 0.3) is 33.6 Å². The van der Waals surface area contributed by atoms with Crippen LogP contribution in [0.4, 0.5) is 5.69 Å². The van der Waals surface area contributed by atoms with Crippen molar-refractivity contribution in [2.45, 2.75) is 6.92 Å². The van der Waals surface area contributed by atoms with Gasteiger partial charge in [-0.3, -0.25) is 14.5 Å². The first-order chi connectivity index (χ1) is 18.4. The Balaban J connectivity index is 1.61. The van der Waals surface area contributed by atoms with Crippen molar-refractivity contribution in [1.29, 1.82) is 0 Å². The van der Waals surface area contributed by atoms with Gasteiger partial charge >= 0.3 is 5.97 Å². The Labute approximate surface area is 229 Å². The van der Waals surface area contributed by atoms with E-state index in [0.717, 1.165) is 38.2 Å². The number of hydrogen-bond donors (Lipinski definition) is 0. The van der Waals surface area contributed by atoms with Gasteiger partial charge in [0.1, 0.15) is 18.0 Å². The van der Waals surface area contributed by atoms with E-state index >= 15 is 0 Å². The molecule has 2 heterocycles. The zero-order valence-corrected chi connectivity index (χ0v) is 22.5. The normalized spacial score (nSPS) is 12.5. The van der Waals surface area contributed by atoms with E-state index in [1.165, 1.54) is 4.90 Å². The number of halogens is 1. The third-order valence-electron chi connectivity index (χ3n) is 6.18. The molecule has 192 valence electrons. The number of aromatic nitrogens is 1. The molecule has 0 bridgehead atoms. The van der Waals surface area contributed by atoms with Gasteiger partial charge in [0.15, 0.2) is 6.61 Å². The quantitative estimate of drug-likeness (QED) is 0.247. The summed E-state index contributed by atoms with van der Waals surface area (Å²) >= 11 is 3.50. The fourth-order valence-electron chi connectivity index (χ4n) is 4.27. The summed E-state index contributed by atoms with van der Waals surface area (Å²) in [6, 6.07) is 25.4. The van der Waals surface area contributed by atoms with Gasteiger partial charge < -0.3 is 14.2 Å². The molecule has 0 saturated carbocycles. The number of methoxy groups -OCH3 is 1. The molecule has 0 N–H and O–H groups in total. The van der Waals surface area contributed by atoms with E-state index in [2.05, 4.69) is 15.9 Å². The molecule has 8 heteroatoms.